The van der Waals surface area contributed by atoms with Gasteiger partial charge in [-0.3, -0.25) is 0 Å². The van der Waals surface area contributed by atoms with Crippen molar-refractivity contribution >= 4 is 66.6 Å². The van der Waals surface area contributed by atoms with Crippen molar-refractivity contribution in [3.05, 3.63) is 109 Å². The molecule has 0 spiro atoms. The van der Waals surface area contributed by atoms with Gasteiger partial charge in [0, 0.05) is 63.8 Å². The molecule has 7 rings (SSSR count). The van der Waals surface area contributed by atoms with Gasteiger partial charge in [0.05, 0.1) is 29.0 Å². The monoisotopic (exact) mass is 693 g/mol. The Morgan fingerprint density at radius 3 is 2.40 bits per heavy atom. The van der Waals surface area contributed by atoms with Gasteiger partial charge >= 0.3 is 5.97 Å². The maximum absolute atomic E-state index is 13.7. The Morgan fingerprint density at radius 2 is 1.62 bits per heavy atom. The molecule has 244 valence electrons. The number of pyridine rings is 1. The topological polar surface area (TPSA) is 92.4 Å². The largest absolute Gasteiger partial charge is 0.465 e. The van der Waals surface area contributed by atoms with Crippen molar-refractivity contribution in [2.45, 2.75) is 37.3 Å². The van der Waals surface area contributed by atoms with Gasteiger partial charge in [-0.2, -0.15) is 0 Å². The molecule has 0 radical (unpaired) electrons. The molecular weight excluding hydrogens is 659 g/mol. The van der Waals surface area contributed by atoms with E-state index in [4.69, 9.17) is 9.47 Å². The number of thiophene rings is 1. The second-order valence-corrected chi connectivity index (χ2v) is 21.4. The quantitative estimate of drug-likeness (QED) is 0.0808. The molecule has 0 saturated heterocycles. The molecule has 0 saturated carbocycles. The first-order chi connectivity index (χ1) is 23.1. The molecule has 0 unspecified atom stereocenters. The predicted molar refractivity (Wildman–Crippen MR) is 196 cm³/mol. The van der Waals surface area contributed by atoms with Crippen molar-refractivity contribution in [2.24, 2.45) is 0 Å². The van der Waals surface area contributed by atoms with Gasteiger partial charge in [0.15, 0.2) is 5.65 Å². The molecule has 0 amide bonds. The molecule has 3 aromatic carbocycles. The van der Waals surface area contributed by atoms with E-state index in [2.05, 4.69) is 42.8 Å². The van der Waals surface area contributed by atoms with E-state index in [-0.39, 0.29) is 17.3 Å². The first-order valence-corrected chi connectivity index (χ1v) is 21.6. The Bertz CT molecular complexity index is 2420. The molecule has 7 aromatic rings. The maximum atomic E-state index is 13.7. The van der Waals surface area contributed by atoms with Crippen molar-refractivity contribution in [1.82, 2.24) is 13.5 Å². The van der Waals surface area contributed by atoms with Crippen molar-refractivity contribution < 1.29 is 22.7 Å². The summed E-state index contributed by atoms with van der Waals surface area (Å²) in [6, 6.07) is 29.2. The van der Waals surface area contributed by atoms with Crippen LogP contribution in [0.25, 0.3) is 53.7 Å². The van der Waals surface area contributed by atoms with Gasteiger partial charge in [-0.05, 0) is 42.4 Å². The highest BCUT2D eigenvalue weighted by Gasteiger charge is 2.28. The van der Waals surface area contributed by atoms with Crippen LogP contribution in [0.2, 0.25) is 25.7 Å². The summed E-state index contributed by atoms with van der Waals surface area (Å²) < 4.78 is 44.5. The Hall–Kier alpha value is -4.55. The highest BCUT2D eigenvalue weighted by Crippen LogP contribution is 2.43. The minimum absolute atomic E-state index is 0.167. The van der Waals surface area contributed by atoms with Crippen LogP contribution in [0.4, 0.5) is 0 Å². The summed E-state index contributed by atoms with van der Waals surface area (Å²) in [5.74, 6) is -0.472. The highest BCUT2D eigenvalue weighted by molar-refractivity contribution is 7.90. The second-order valence-electron chi connectivity index (χ2n) is 12.9. The van der Waals surface area contributed by atoms with Crippen LogP contribution in [0.15, 0.2) is 108 Å². The Labute approximate surface area is 284 Å². The van der Waals surface area contributed by atoms with E-state index < -0.39 is 24.1 Å². The van der Waals surface area contributed by atoms with E-state index in [1.807, 2.05) is 41.0 Å². The third kappa shape index (κ3) is 5.66. The van der Waals surface area contributed by atoms with Crippen LogP contribution in [0.5, 0.6) is 0 Å². The van der Waals surface area contributed by atoms with Crippen LogP contribution in [0, 0.1) is 0 Å². The molecule has 0 fully saturated rings. The zero-order valence-corrected chi connectivity index (χ0v) is 29.8. The number of rotatable bonds is 10. The number of carbonyl (C=O) groups excluding carboxylic acids is 1. The average molecular weight is 694 g/mol. The Balaban J connectivity index is 1.47. The third-order valence-corrected chi connectivity index (χ3v) is 13.1. The molecule has 0 N–H and O–H groups in total. The van der Waals surface area contributed by atoms with Crippen LogP contribution in [0.3, 0.4) is 0 Å². The van der Waals surface area contributed by atoms with Crippen LogP contribution in [-0.4, -0.2) is 49.7 Å². The van der Waals surface area contributed by atoms with Crippen LogP contribution < -0.4 is 0 Å². The molecule has 4 aromatic heterocycles. The van der Waals surface area contributed by atoms with E-state index in [0.717, 1.165) is 37.3 Å². The van der Waals surface area contributed by atoms with Gasteiger partial charge in [0.2, 0.25) is 0 Å². The van der Waals surface area contributed by atoms with E-state index in [1.165, 1.54) is 17.3 Å². The fraction of sp³-hybridized carbons (Fsp3) is 0.189. The third-order valence-electron chi connectivity index (χ3n) is 8.51. The summed E-state index contributed by atoms with van der Waals surface area (Å²) in [5, 5.41) is 2.88. The second kappa shape index (κ2) is 12.5. The van der Waals surface area contributed by atoms with Crippen molar-refractivity contribution in [2.75, 3.05) is 13.7 Å². The fourth-order valence-corrected chi connectivity index (χ4v) is 9.36. The van der Waals surface area contributed by atoms with Crippen LogP contribution in [-0.2, 0) is 26.2 Å². The smallest absolute Gasteiger partial charge is 0.340 e. The SMILES string of the molecule is COC(=O)c1cc(-c2ccnc3c2ccn3S(=O)(=O)c2ccccc2)n(COCC[Si](C)(C)C)c1-c1cccc2c1sc1ccccc12. The molecule has 48 heavy (non-hydrogen) atoms. The van der Waals surface area contributed by atoms with Crippen LogP contribution in [0.1, 0.15) is 10.4 Å². The number of esters is 1. The van der Waals surface area contributed by atoms with E-state index >= 15 is 0 Å². The zero-order chi connectivity index (χ0) is 33.6. The van der Waals surface area contributed by atoms with Gasteiger partial charge in [-0.1, -0.05) is 74.2 Å². The van der Waals surface area contributed by atoms with E-state index in [9.17, 15) is 13.2 Å². The molecular formula is C37H35N3O5S2Si. The predicted octanol–water partition coefficient (Wildman–Crippen LogP) is 8.88. The first-order valence-electron chi connectivity index (χ1n) is 15.7. The number of fused-ring (bicyclic) bond motifs is 4. The molecule has 0 aliphatic heterocycles. The highest BCUT2D eigenvalue weighted by atomic mass is 32.2. The van der Waals surface area contributed by atoms with E-state index in [0.29, 0.717) is 28.9 Å². The van der Waals surface area contributed by atoms with Gasteiger partial charge in [0.1, 0.15) is 6.73 Å². The molecule has 8 nitrogen and oxygen atoms in total. The lowest BCUT2D eigenvalue weighted by atomic mass is 10.0. The first kappa shape index (κ1) is 32.0. The van der Waals surface area contributed by atoms with Gasteiger partial charge in [0.25, 0.3) is 10.0 Å². The zero-order valence-electron chi connectivity index (χ0n) is 27.1. The number of hydrogen-bond donors (Lipinski definition) is 0. The lowest BCUT2D eigenvalue weighted by molar-refractivity contribution is 0.0600. The van der Waals surface area contributed by atoms with Crippen molar-refractivity contribution in [1.29, 1.82) is 0 Å². The molecule has 0 aliphatic carbocycles. The summed E-state index contributed by atoms with van der Waals surface area (Å²) in [6.07, 6.45) is 3.13. The normalized spacial score (nSPS) is 12.3. The van der Waals surface area contributed by atoms with Gasteiger partial charge in [-0.15, -0.1) is 11.3 Å². The molecule has 0 atom stereocenters. The summed E-state index contributed by atoms with van der Waals surface area (Å²) in [5.41, 5.74) is 3.67. The van der Waals surface area contributed by atoms with Crippen molar-refractivity contribution in [3.8, 4) is 22.5 Å². The minimum Gasteiger partial charge on any atom is -0.465 e. The fourth-order valence-electron chi connectivity index (χ4n) is 6.07. The number of methoxy groups -OCH3 is 1. The Kier molecular flexibility index (Phi) is 8.32. The minimum atomic E-state index is -3.91. The van der Waals surface area contributed by atoms with Gasteiger partial charge < -0.3 is 14.0 Å². The maximum Gasteiger partial charge on any atom is 0.340 e. The number of hydrogen-bond acceptors (Lipinski definition) is 7. The number of carbonyl (C=O) groups is 1. The van der Waals surface area contributed by atoms with Gasteiger partial charge in [-0.25, -0.2) is 22.2 Å². The number of aromatic nitrogens is 3. The molecule has 0 bridgehead atoms. The number of nitrogens with zero attached hydrogens (tertiary/aromatic N) is 3. The molecule has 4 heterocycles. The summed E-state index contributed by atoms with van der Waals surface area (Å²) in [6.45, 7) is 7.68. The Morgan fingerprint density at radius 1 is 0.875 bits per heavy atom. The summed E-state index contributed by atoms with van der Waals surface area (Å²) >= 11 is 1.68. The van der Waals surface area contributed by atoms with E-state index in [1.54, 1.807) is 53.9 Å². The van der Waals surface area contributed by atoms with Crippen molar-refractivity contribution in [3.63, 3.8) is 0 Å². The lowest BCUT2D eigenvalue weighted by Gasteiger charge is -2.19. The standard InChI is InChI=1S/C37H35N3O5S2Si/c1-44-37(41)31-23-32(26-17-19-38-36-29(26)18-20-40(36)47(42,43)25-11-6-5-7-12-25)39(24-45-21-22-48(2,3)4)34(31)30-15-10-14-28-27-13-8-9-16-33(27)46-35(28)30/h5-20,23H,21-22,24H2,1-4H3. The lowest BCUT2D eigenvalue weighted by Crippen LogP contribution is -2.22. The van der Waals surface area contributed by atoms with Crippen LogP contribution >= 0.6 is 11.3 Å². The number of benzene rings is 3. The number of ether oxygens (including phenoxy) is 2. The molecule has 11 heteroatoms. The molecule has 0 aliphatic rings. The average Bonchev–Trinajstić information content (AvgIpc) is 3.80. The summed E-state index contributed by atoms with van der Waals surface area (Å²) in [7, 11) is -3.91. The summed E-state index contributed by atoms with van der Waals surface area (Å²) in [4.78, 5) is 18.2.